The maximum atomic E-state index is 9.04. The number of rotatable bonds is 2. The van der Waals surface area contributed by atoms with Crippen LogP contribution in [0, 0.1) is 11.3 Å². The summed E-state index contributed by atoms with van der Waals surface area (Å²) < 4.78 is 0. The molecule has 0 amide bonds. The zero-order chi connectivity index (χ0) is 14.2. The number of H-pyrrole nitrogens is 2. The van der Waals surface area contributed by atoms with Gasteiger partial charge in [-0.2, -0.15) is 10.4 Å². The van der Waals surface area contributed by atoms with Gasteiger partial charge in [-0.15, -0.1) is 0 Å². The summed E-state index contributed by atoms with van der Waals surface area (Å²) >= 11 is 0. The van der Waals surface area contributed by atoms with E-state index in [0.717, 1.165) is 27.6 Å². The van der Waals surface area contributed by atoms with Gasteiger partial charge in [0.25, 0.3) is 0 Å². The lowest BCUT2D eigenvalue weighted by Gasteiger charge is -2.06. The van der Waals surface area contributed by atoms with E-state index in [-0.39, 0.29) is 0 Å². The number of anilines is 2. The molecule has 0 fully saturated rings. The van der Waals surface area contributed by atoms with Crippen LogP contribution >= 0.6 is 0 Å². The Balaban J connectivity index is 1.80. The molecule has 21 heavy (non-hydrogen) atoms. The number of nitrogens with one attached hydrogen (secondary N) is 3. The smallest absolute Gasteiger partial charge is 0.170 e. The normalized spacial score (nSPS) is 10.8. The van der Waals surface area contributed by atoms with E-state index in [1.165, 1.54) is 6.33 Å². The Morgan fingerprint density at radius 2 is 2.10 bits per heavy atom. The summed E-state index contributed by atoms with van der Waals surface area (Å²) in [5.74, 6) is 0.711. The minimum absolute atomic E-state index is 0.378. The van der Waals surface area contributed by atoms with Gasteiger partial charge in [-0.25, -0.2) is 9.97 Å². The number of fused-ring (bicyclic) bond motifs is 2. The predicted octanol–water partition coefficient (Wildman–Crippen LogP) is 2.45. The number of benzene rings is 1. The van der Waals surface area contributed by atoms with Crippen LogP contribution in [0.1, 0.15) is 5.69 Å². The third-order valence-electron chi connectivity index (χ3n) is 3.29. The standard InChI is InChI=1S/C14H9N7/c15-6-12-10-5-8(1-2-11(10)20-21-12)19-14-9-3-4-16-13(9)17-7-18-14/h1-5,7H,(H,20,21)(H2,16,17,18,19). The summed E-state index contributed by atoms with van der Waals surface area (Å²) in [5, 5.41) is 20.8. The number of nitrogens with zero attached hydrogens (tertiary/aromatic N) is 4. The van der Waals surface area contributed by atoms with E-state index >= 15 is 0 Å². The highest BCUT2D eigenvalue weighted by atomic mass is 15.1. The summed E-state index contributed by atoms with van der Waals surface area (Å²) in [6.07, 6.45) is 3.32. The molecule has 3 heterocycles. The van der Waals surface area contributed by atoms with Crippen molar-refractivity contribution in [2.45, 2.75) is 0 Å². The SMILES string of the molecule is N#Cc1n[nH]c2ccc(Nc3ncnc4[nH]ccc34)cc12. The van der Waals surface area contributed by atoms with Crippen molar-refractivity contribution in [3.05, 3.63) is 42.5 Å². The average Bonchev–Trinajstić information content (AvgIpc) is 3.13. The van der Waals surface area contributed by atoms with Crippen molar-refractivity contribution in [3.63, 3.8) is 0 Å². The van der Waals surface area contributed by atoms with E-state index in [1.807, 2.05) is 30.5 Å². The Kier molecular flexibility index (Phi) is 2.35. The highest BCUT2D eigenvalue weighted by Gasteiger charge is 2.08. The molecular formula is C14H9N7. The van der Waals surface area contributed by atoms with Crippen molar-refractivity contribution < 1.29 is 0 Å². The Morgan fingerprint density at radius 3 is 3.00 bits per heavy atom. The fourth-order valence-electron chi connectivity index (χ4n) is 2.29. The van der Waals surface area contributed by atoms with Crippen LogP contribution < -0.4 is 5.32 Å². The van der Waals surface area contributed by atoms with Crippen molar-refractivity contribution in [1.29, 1.82) is 5.26 Å². The van der Waals surface area contributed by atoms with Gasteiger partial charge in [0, 0.05) is 17.3 Å². The van der Waals surface area contributed by atoms with Gasteiger partial charge >= 0.3 is 0 Å². The highest BCUT2D eigenvalue weighted by Crippen LogP contribution is 2.25. The topological polar surface area (TPSA) is 106 Å². The van der Waals surface area contributed by atoms with Gasteiger partial charge in [0.05, 0.1) is 10.9 Å². The van der Waals surface area contributed by atoms with Gasteiger partial charge in [0.1, 0.15) is 23.9 Å². The van der Waals surface area contributed by atoms with Crippen LogP contribution in [0.3, 0.4) is 0 Å². The van der Waals surface area contributed by atoms with Crippen LogP contribution in [0.2, 0.25) is 0 Å². The van der Waals surface area contributed by atoms with Crippen molar-refractivity contribution in [2.24, 2.45) is 0 Å². The molecule has 0 aliphatic carbocycles. The molecule has 0 bridgehead atoms. The molecule has 3 N–H and O–H groups in total. The number of hydrogen-bond donors (Lipinski definition) is 3. The quantitative estimate of drug-likeness (QED) is 0.521. The lowest BCUT2D eigenvalue weighted by Crippen LogP contribution is -1.95. The lowest BCUT2D eigenvalue weighted by atomic mass is 10.2. The van der Waals surface area contributed by atoms with E-state index in [1.54, 1.807) is 0 Å². The van der Waals surface area contributed by atoms with Crippen LogP contribution in [-0.4, -0.2) is 25.1 Å². The molecule has 0 atom stereocenters. The maximum absolute atomic E-state index is 9.04. The van der Waals surface area contributed by atoms with Crippen molar-refractivity contribution in [2.75, 3.05) is 5.32 Å². The molecule has 4 rings (SSSR count). The third-order valence-corrected chi connectivity index (χ3v) is 3.29. The summed E-state index contributed by atoms with van der Waals surface area (Å²) in [5.41, 5.74) is 2.81. The van der Waals surface area contributed by atoms with Gasteiger partial charge in [-0.3, -0.25) is 5.10 Å². The second-order valence-corrected chi connectivity index (χ2v) is 4.53. The first kappa shape index (κ1) is 11.4. The Hall–Kier alpha value is -3.40. The molecule has 100 valence electrons. The van der Waals surface area contributed by atoms with Gasteiger partial charge in [-0.05, 0) is 24.3 Å². The van der Waals surface area contributed by atoms with E-state index in [0.29, 0.717) is 11.5 Å². The van der Waals surface area contributed by atoms with E-state index < -0.39 is 0 Å². The summed E-state index contributed by atoms with van der Waals surface area (Å²) in [4.78, 5) is 11.4. The van der Waals surface area contributed by atoms with Crippen molar-refractivity contribution >= 4 is 33.4 Å². The van der Waals surface area contributed by atoms with Crippen molar-refractivity contribution in [1.82, 2.24) is 25.1 Å². The zero-order valence-corrected chi connectivity index (χ0v) is 10.8. The lowest BCUT2D eigenvalue weighted by molar-refractivity contribution is 1.10. The van der Waals surface area contributed by atoms with Gasteiger partial charge < -0.3 is 10.3 Å². The van der Waals surface area contributed by atoms with E-state index in [2.05, 4.69) is 36.5 Å². The maximum Gasteiger partial charge on any atom is 0.170 e. The summed E-state index contributed by atoms with van der Waals surface area (Å²) in [6, 6.07) is 9.63. The highest BCUT2D eigenvalue weighted by molar-refractivity contribution is 5.91. The van der Waals surface area contributed by atoms with Gasteiger partial charge in [0.2, 0.25) is 0 Å². The fraction of sp³-hybridized carbons (Fsp3) is 0. The minimum Gasteiger partial charge on any atom is -0.346 e. The molecule has 0 spiro atoms. The largest absolute Gasteiger partial charge is 0.346 e. The molecule has 0 saturated carbocycles. The molecular weight excluding hydrogens is 266 g/mol. The molecule has 0 radical (unpaired) electrons. The number of aromatic nitrogens is 5. The average molecular weight is 275 g/mol. The molecule has 4 aromatic rings. The van der Waals surface area contributed by atoms with Crippen LogP contribution in [-0.2, 0) is 0 Å². The minimum atomic E-state index is 0.378. The molecule has 0 aliphatic heterocycles. The van der Waals surface area contributed by atoms with E-state index in [4.69, 9.17) is 5.26 Å². The monoisotopic (exact) mass is 275 g/mol. The summed E-state index contributed by atoms with van der Waals surface area (Å²) in [7, 11) is 0. The van der Waals surface area contributed by atoms with E-state index in [9.17, 15) is 0 Å². The predicted molar refractivity (Wildman–Crippen MR) is 78.0 cm³/mol. The van der Waals surface area contributed by atoms with Crippen LogP contribution in [0.5, 0.6) is 0 Å². The fourth-order valence-corrected chi connectivity index (χ4v) is 2.29. The molecule has 7 heteroatoms. The Labute approximate surface area is 118 Å². The first-order valence-corrected chi connectivity index (χ1v) is 6.28. The molecule has 3 aromatic heterocycles. The number of nitriles is 1. The van der Waals surface area contributed by atoms with Crippen LogP contribution in [0.15, 0.2) is 36.8 Å². The molecule has 0 unspecified atom stereocenters. The number of aromatic amines is 2. The second kappa shape index (κ2) is 4.31. The van der Waals surface area contributed by atoms with Gasteiger partial charge in [0.15, 0.2) is 5.69 Å². The Bertz CT molecular complexity index is 989. The zero-order valence-electron chi connectivity index (χ0n) is 10.8. The van der Waals surface area contributed by atoms with Crippen molar-refractivity contribution in [3.8, 4) is 6.07 Å². The Morgan fingerprint density at radius 1 is 1.14 bits per heavy atom. The molecule has 0 aliphatic rings. The number of hydrogen-bond acceptors (Lipinski definition) is 5. The molecule has 7 nitrogen and oxygen atoms in total. The van der Waals surface area contributed by atoms with Crippen LogP contribution in [0.4, 0.5) is 11.5 Å². The first-order chi connectivity index (χ1) is 10.3. The third kappa shape index (κ3) is 1.78. The van der Waals surface area contributed by atoms with Gasteiger partial charge in [-0.1, -0.05) is 0 Å². The summed E-state index contributed by atoms with van der Waals surface area (Å²) in [6.45, 7) is 0. The molecule has 1 aromatic carbocycles. The molecule has 0 saturated heterocycles. The first-order valence-electron chi connectivity index (χ1n) is 6.28. The van der Waals surface area contributed by atoms with Crippen LogP contribution in [0.25, 0.3) is 21.9 Å². The second-order valence-electron chi connectivity index (χ2n) is 4.53.